The Balaban J connectivity index is 1.27. The lowest BCUT2D eigenvalue weighted by Gasteiger charge is -2.27. The fourth-order valence-electron chi connectivity index (χ4n) is 4.01. The van der Waals surface area contributed by atoms with Gasteiger partial charge in [-0.25, -0.2) is 9.18 Å². The zero-order chi connectivity index (χ0) is 23.7. The fourth-order valence-corrected chi connectivity index (χ4v) is 5.18. The van der Waals surface area contributed by atoms with Crippen LogP contribution in [0.25, 0.3) is 0 Å². The van der Waals surface area contributed by atoms with Crippen molar-refractivity contribution in [3.8, 4) is 11.5 Å². The minimum Gasteiger partial charge on any atom is -0.486 e. The molecule has 8 heteroatoms. The number of halogens is 1. The highest BCUT2D eigenvalue weighted by atomic mass is 32.2. The van der Waals surface area contributed by atoms with Crippen LogP contribution in [0.1, 0.15) is 26.9 Å². The molecule has 1 saturated heterocycles. The molecule has 174 valence electrons. The lowest BCUT2D eigenvalue weighted by Crippen LogP contribution is -2.34. The molecule has 0 aromatic heterocycles. The van der Waals surface area contributed by atoms with Crippen LogP contribution in [0.2, 0.25) is 0 Å². The molecule has 0 saturated carbocycles. The Morgan fingerprint density at radius 3 is 2.65 bits per heavy atom. The molecule has 2 aliphatic heterocycles. The molecule has 6 nitrogen and oxygen atoms in total. The van der Waals surface area contributed by atoms with Crippen LogP contribution in [0.15, 0.2) is 66.7 Å². The van der Waals surface area contributed by atoms with Gasteiger partial charge in [-0.2, -0.15) is 0 Å². The second-order valence-corrected chi connectivity index (χ2v) is 9.14. The number of anilines is 1. The molecule has 0 spiro atoms. The van der Waals surface area contributed by atoms with Crippen molar-refractivity contribution < 1.29 is 28.2 Å². The maximum atomic E-state index is 13.4. The normalized spacial score (nSPS) is 19.2. The van der Waals surface area contributed by atoms with Crippen LogP contribution in [0.5, 0.6) is 11.5 Å². The van der Waals surface area contributed by atoms with Crippen LogP contribution in [0, 0.1) is 12.7 Å². The van der Waals surface area contributed by atoms with E-state index in [0.717, 1.165) is 11.1 Å². The van der Waals surface area contributed by atoms with Crippen LogP contribution in [0.4, 0.5) is 10.1 Å². The van der Waals surface area contributed by atoms with Crippen molar-refractivity contribution in [2.24, 2.45) is 0 Å². The Bertz CT molecular complexity index is 1230. The molecule has 1 fully saturated rings. The molecular weight excluding hydrogens is 457 g/mol. The number of carbonyl (C=O) groups excluding carboxylic acids is 2. The van der Waals surface area contributed by atoms with Crippen molar-refractivity contribution in [2.45, 2.75) is 18.4 Å². The predicted octanol–water partition coefficient (Wildman–Crippen LogP) is 4.91. The van der Waals surface area contributed by atoms with E-state index in [2.05, 4.69) is 0 Å². The molecule has 2 atom stereocenters. The summed E-state index contributed by atoms with van der Waals surface area (Å²) in [5, 5.41) is -0.254. The molecule has 1 amide bonds. The second-order valence-electron chi connectivity index (χ2n) is 8.08. The lowest BCUT2D eigenvalue weighted by atomic mass is 10.1. The number of thioether (sulfide) groups is 1. The Morgan fingerprint density at radius 1 is 1.12 bits per heavy atom. The van der Waals surface area contributed by atoms with E-state index in [0.29, 0.717) is 35.1 Å². The Labute approximate surface area is 200 Å². The minimum absolute atomic E-state index is 0.0347. The first kappa shape index (κ1) is 22.3. The predicted molar refractivity (Wildman–Crippen MR) is 127 cm³/mol. The van der Waals surface area contributed by atoms with Gasteiger partial charge >= 0.3 is 5.97 Å². The van der Waals surface area contributed by atoms with Crippen LogP contribution >= 0.6 is 11.8 Å². The van der Waals surface area contributed by atoms with Crippen LogP contribution in [-0.4, -0.2) is 36.9 Å². The third-order valence-electron chi connectivity index (χ3n) is 5.68. The number of para-hydroxylation sites is 2. The number of carbonyl (C=O) groups is 2. The first-order valence-electron chi connectivity index (χ1n) is 10.8. The highest BCUT2D eigenvalue weighted by Crippen LogP contribution is 2.43. The molecule has 0 N–H and O–H groups in total. The molecule has 2 heterocycles. The number of amides is 1. The maximum absolute atomic E-state index is 13.4. The molecule has 2 aliphatic rings. The van der Waals surface area contributed by atoms with Crippen LogP contribution in [0.3, 0.4) is 0 Å². The number of esters is 1. The van der Waals surface area contributed by atoms with Gasteiger partial charge in [-0.3, -0.25) is 9.69 Å². The van der Waals surface area contributed by atoms with E-state index in [9.17, 15) is 14.0 Å². The van der Waals surface area contributed by atoms with Crippen molar-refractivity contribution in [2.75, 3.05) is 23.9 Å². The number of hydrogen-bond donors (Lipinski definition) is 0. The Morgan fingerprint density at radius 2 is 1.88 bits per heavy atom. The van der Waals surface area contributed by atoms with E-state index in [-0.39, 0.29) is 23.7 Å². The maximum Gasteiger partial charge on any atom is 0.338 e. The summed E-state index contributed by atoms with van der Waals surface area (Å²) in [6.07, 6.45) is -0.394. The van der Waals surface area contributed by atoms with Gasteiger partial charge in [-0.05, 0) is 60.5 Å². The van der Waals surface area contributed by atoms with Gasteiger partial charge in [0.05, 0.1) is 11.3 Å². The van der Waals surface area contributed by atoms with Gasteiger partial charge in [0, 0.05) is 5.69 Å². The number of nitrogens with zero attached hydrogens (tertiary/aromatic N) is 1. The van der Waals surface area contributed by atoms with Gasteiger partial charge in [0.15, 0.2) is 17.6 Å². The number of benzene rings is 3. The number of rotatable bonds is 5. The van der Waals surface area contributed by atoms with Crippen molar-refractivity contribution in [1.82, 2.24) is 0 Å². The van der Waals surface area contributed by atoms with Crippen molar-refractivity contribution >= 4 is 29.3 Å². The molecule has 0 aliphatic carbocycles. The highest BCUT2D eigenvalue weighted by molar-refractivity contribution is 8.00. The molecule has 2 unspecified atom stereocenters. The number of hydrogen-bond acceptors (Lipinski definition) is 6. The summed E-state index contributed by atoms with van der Waals surface area (Å²) in [5.74, 6) is 0.793. The molecule has 3 aromatic carbocycles. The van der Waals surface area contributed by atoms with E-state index < -0.39 is 12.1 Å². The van der Waals surface area contributed by atoms with Crippen molar-refractivity contribution in [3.63, 3.8) is 0 Å². The Kier molecular flexibility index (Phi) is 6.15. The first-order valence-corrected chi connectivity index (χ1v) is 11.9. The third-order valence-corrected chi connectivity index (χ3v) is 6.90. The number of aryl methyl sites for hydroxylation is 1. The van der Waals surface area contributed by atoms with Crippen LogP contribution < -0.4 is 14.4 Å². The topological polar surface area (TPSA) is 65.1 Å². The summed E-state index contributed by atoms with van der Waals surface area (Å²) in [5.41, 5.74) is 2.71. The Hall–Kier alpha value is -3.52. The average Bonchev–Trinajstić information content (AvgIpc) is 3.23. The monoisotopic (exact) mass is 479 g/mol. The summed E-state index contributed by atoms with van der Waals surface area (Å²) in [6, 6.07) is 18.6. The molecule has 0 radical (unpaired) electrons. The average molecular weight is 480 g/mol. The SMILES string of the molecule is Cc1cc(C(=O)OCC2COc3ccccc3O2)ccc1N1C(=O)CSC1c1ccc(F)cc1. The van der Waals surface area contributed by atoms with Crippen molar-refractivity contribution in [1.29, 1.82) is 0 Å². The molecular formula is C26H22FNO5S. The third kappa shape index (κ3) is 4.46. The van der Waals surface area contributed by atoms with Gasteiger partial charge in [-0.15, -0.1) is 11.8 Å². The number of fused-ring (bicyclic) bond motifs is 1. The van der Waals surface area contributed by atoms with Crippen LogP contribution in [-0.2, 0) is 9.53 Å². The van der Waals surface area contributed by atoms with E-state index in [4.69, 9.17) is 14.2 Å². The molecule has 0 bridgehead atoms. The smallest absolute Gasteiger partial charge is 0.338 e. The summed E-state index contributed by atoms with van der Waals surface area (Å²) in [4.78, 5) is 27.0. The lowest BCUT2D eigenvalue weighted by molar-refractivity contribution is -0.115. The molecule has 3 aromatic rings. The van der Waals surface area contributed by atoms with E-state index in [1.54, 1.807) is 35.2 Å². The summed E-state index contributed by atoms with van der Waals surface area (Å²) >= 11 is 1.49. The van der Waals surface area contributed by atoms with E-state index in [1.165, 1.54) is 23.9 Å². The first-order chi connectivity index (χ1) is 16.5. The number of ether oxygens (including phenoxy) is 3. The highest BCUT2D eigenvalue weighted by Gasteiger charge is 2.35. The zero-order valence-corrected chi connectivity index (χ0v) is 19.2. The van der Waals surface area contributed by atoms with Gasteiger partial charge in [0.2, 0.25) is 5.91 Å². The van der Waals surface area contributed by atoms with Gasteiger partial charge < -0.3 is 14.2 Å². The molecule has 5 rings (SSSR count). The zero-order valence-electron chi connectivity index (χ0n) is 18.4. The summed E-state index contributed by atoms with van der Waals surface area (Å²) in [7, 11) is 0. The summed E-state index contributed by atoms with van der Waals surface area (Å²) < 4.78 is 30.3. The van der Waals surface area contributed by atoms with Gasteiger partial charge in [-0.1, -0.05) is 24.3 Å². The standard InChI is InChI=1S/C26H22FNO5S/c1-16-12-18(26(30)32-14-20-13-31-22-4-2-3-5-23(22)33-20)8-11-21(16)28-24(29)15-34-25(28)17-6-9-19(27)10-7-17/h2-12,20,25H,13-15H2,1H3. The summed E-state index contributed by atoms with van der Waals surface area (Å²) in [6.45, 7) is 2.20. The fraction of sp³-hybridized carbons (Fsp3) is 0.231. The van der Waals surface area contributed by atoms with E-state index in [1.807, 2.05) is 31.2 Å². The van der Waals surface area contributed by atoms with E-state index >= 15 is 0 Å². The van der Waals surface area contributed by atoms with Gasteiger partial charge in [0.1, 0.15) is 24.4 Å². The quantitative estimate of drug-likeness (QED) is 0.485. The minimum atomic E-state index is -0.477. The second kappa shape index (κ2) is 9.38. The van der Waals surface area contributed by atoms with Gasteiger partial charge in [0.25, 0.3) is 0 Å². The van der Waals surface area contributed by atoms with Crippen molar-refractivity contribution in [3.05, 3.63) is 89.2 Å². The largest absolute Gasteiger partial charge is 0.486 e. The molecule has 34 heavy (non-hydrogen) atoms.